The van der Waals surface area contributed by atoms with Gasteiger partial charge in [-0.05, 0) is 36.4 Å². The zero-order valence-electron chi connectivity index (χ0n) is 10.5. The van der Waals surface area contributed by atoms with E-state index in [0.717, 1.165) is 6.07 Å². The first-order valence-corrected chi connectivity index (χ1v) is 6.10. The van der Waals surface area contributed by atoms with Crippen LogP contribution in [0.15, 0.2) is 42.5 Å². The van der Waals surface area contributed by atoms with Crippen molar-refractivity contribution in [2.75, 3.05) is 0 Å². The summed E-state index contributed by atoms with van der Waals surface area (Å²) in [6.45, 7) is 0. The minimum Gasteiger partial charge on any atom is -0.423 e. The summed E-state index contributed by atoms with van der Waals surface area (Å²) in [7, 11) is 0. The third-order valence-corrected chi connectivity index (χ3v) is 2.92. The van der Waals surface area contributed by atoms with Crippen LogP contribution in [0, 0.1) is 10.1 Å². The molecule has 0 fully saturated rings. The van der Waals surface area contributed by atoms with Crippen LogP contribution in [0.3, 0.4) is 0 Å². The molecule has 0 saturated heterocycles. The second-order valence-electron chi connectivity index (χ2n) is 4.00. The molecule has 0 unspecified atom stereocenters. The van der Waals surface area contributed by atoms with Gasteiger partial charge >= 0.3 is 5.97 Å². The minimum atomic E-state index is -0.756. The highest BCUT2D eigenvalue weighted by Crippen LogP contribution is 2.25. The standard InChI is InChI=1S/C14H8ClNO5/c15-12-6-3-10(7-13(12)16(19)20)14(18)21-11-4-1-9(8-17)2-5-11/h1-8H. The Hall–Kier alpha value is -2.73. The van der Waals surface area contributed by atoms with Crippen LogP contribution in [0.4, 0.5) is 5.69 Å². The fraction of sp³-hybridized carbons (Fsp3) is 0. The second kappa shape index (κ2) is 6.15. The summed E-state index contributed by atoms with van der Waals surface area (Å²) in [5.41, 5.74) is 0.0740. The Morgan fingerprint density at radius 1 is 1.19 bits per heavy atom. The van der Waals surface area contributed by atoms with Crippen molar-refractivity contribution < 1.29 is 19.2 Å². The smallest absolute Gasteiger partial charge is 0.343 e. The minimum absolute atomic E-state index is 0.00515. The number of aldehydes is 1. The van der Waals surface area contributed by atoms with Crippen molar-refractivity contribution in [1.29, 1.82) is 0 Å². The Labute approximate surface area is 124 Å². The zero-order chi connectivity index (χ0) is 15.4. The average molecular weight is 306 g/mol. The molecule has 106 valence electrons. The van der Waals surface area contributed by atoms with Crippen molar-refractivity contribution >= 4 is 29.5 Å². The number of rotatable bonds is 4. The fourth-order valence-corrected chi connectivity index (χ4v) is 1.75. The number of nitro groups is 1. The van der Waals surface area contributed by atoms with Gasteiger partial charge in [0.25, 0.3) is 5.69 Å². The highest BCUT2D eigenvalue weighted by molar-refractivity contribution is 6.32. The number of ether oxygens (including phenoxy) is 1. The lowest BCUT2D eigenvalue weighted by atomic mass is 10.2. The molecule has 0 radical (unpaired) electrons. The van der Waals surface area contributed by atoms with Gasteiger partial charge in [0, 0.05) is 11.6 Å². The van der Waals surface area contributed by atoms with Crippen molar-refractivity contribution in [2.24, 2.45) is 0 Å². The number of halogens is 1. The number of esters is 1. The van der Waals surface area contributed by atoms with Gasteiger partial charge in [-0.2, -0.15) is 0 Å². The monoisotopic (exact) mass is 305 g/mol. The molecule has 0 spiro atoms. The lowest BCUT2D eigenvalue weighted by molar-refractivity contribution is -0.384. The first kappa shape index (κ1) is 14.7. The number of hydrogen-bond acceptors (Lipinski definition) is 5. The molecule has 0 N–H and O–H groups in total. The van der Waals surface area contributed by atoms with Crippen molar-refractivity contribution in [1.82, 2.24) is 0 Å². The van der Waals surface area contributed by atoms with Crippen molar-refractivity contribution in [3.05, 3.63) is 68.7 Å². The summed E-state index contributed by atoms with van der Waals surface area (Å²) in [5, 5.41) is 10.7. The molecule has 0 aliphatic carbocycles. The normalized spacial score (nSPS) is 9.95. The first-order chi connectivity index (χ1) is 10.0. The number of carbonyl (C=O) groups is 2. The van der Waals surface area contributed by atoms with Crippen LogP contribution in [0.25, 0.3) is 0 Å². The summed E-state index contributed by atoms with van der Waals surface area (Å²) < 4.78 is 5.05. The molecule has 2 rings (SSSR count). The Morgan fingerprint density at radius 2 is 1.86 bits per heavy atom. The van der Waals surface area contributed by atoms with E-state index in [1.165, 1.54) is 36.4 Å². The molecule has 0 heterocycles. The van der Waals surface area contributed by atoms with Crippen LogP contribution < -0.4 is 4.74 Å². The molecule has 6 nitrogen and oxygen atoms in total. The maximum absolute atomic E-state index is 11.9. The highest BCUT2D eigenvalue weighted by atomic mass is 35.5. The number of nitro benzene ring substituents is 1. The van der Waals surface area contributed by atoms with Crippen molar-refractivity contribution in [2.45, 2.75) is 0 Å². The van der Waals surface area contributed by atoms with Crippen LogP contribution in [0.5, 0.6) is 5.75 Å². The largest absolute Gasteiger partial charge is 0.423 e. The van der Waals surface area contributed by atoms with E-state index in [2.05, 4.69) is 0 Å². The van der Waals surface area contributed by atoms with Gasteiger partial charge in [-0.3, -0.25) is 14.9 Å². The Morgan fingerprint density at radius 3 is 2.43 bits per heavy atom. The Balaban J connectivity index is 2.21. The quantitative estimate of drug-likeness (QED) is 0.284. The van der Waals surface area contributed by atoms with E-state index in [1.54, 1.807) is 0 Å². The van der Waals surface area contributed by atoms with E-state index >= 15 is 0 Å². The molecule has 0 bridgehead atoms. The first-order valence-electron chi connectivity index (χ1n) is 5.72. The van der Waals surface area contributed by atoms with E-state index < -0.39 is 10.9 Å². The maximum atomic E-state index is 11.9. The van der Waals surface area contributed by atoms with E-state index in [1.807, 2.05) is 0 Å². The highest BCUT2D eigenvalue weighted by Gasteiger charge is 2.17. The van der Waals surface area contributed by atoms with Crippen LogP contribution in [0.2, 0.25) is 5.02 Å². The lowest BCUT2D eigenvalue weighted by Crippen LogP contribution is -2.09. The van der Waals surface area contributed by atoms with Gasteiger partial charge in [-0.1, -0.05) is 11.6 Å². The summed E-state index contributed by atoms with van der Waals surface area (Å²) >= 11 is 5.66. The average Bonchev–Trinajstić information content (AvgIpc) is 2.48. The van der Waals surface area contributed by atoms with Gasteiger partial charge in [-0.25, -0.2) is 4.79 Å². The third-order valence-electron chi connectivity index (χ3n) is 2.61. The summed E-state index contributed by atoms with van der Waals surface area (Å²) in [6, 6.07) is 9.51. The van der Waals surface area contributed by atoms with Gasteiger partial charge in [-0.15, -0.1) is 0 Å². The summed E-state index contributed by atoms with van der Waals surface area (Å²) in [6.07, 6.45) is 0.661. The predicted octanol–water partition coefficient (Wildman–Crippen LogP) is 3.28. The second-order valence-corrected chi connectivity index (χ2v) is 4.41. The zero-order valence-corrected chi connectivity index (χ0v) is 11.2. The molecular weight excluding hydrogens is 298 g/mol. The van der Waals surface area contributed by atoms with Gasteiger partial charge in [0.2, 0.25) is 0 Å². The fourth-order valence-electron chi connectivity index (χ4n) is 1.56. The van der Waals surface area contributed by atoms with Gasteiger partial charge < -0.3 is 4.74 Å². The van der Waals surface area contributed by atoms with Crippen molar-refractivity contribution in [3.63, 3.8) is 0 Å². The third kappa shape index (κ3) is 3.43. The molecule has 2 aromatic carbocycles. The van der Waals surface area contributed by atoms with Crippen LogP contribution in [0.1, 0.15) is 20.7 Å². The molecule has 0 saturated carbocycles. The van der Waals surface area contributed by atoms with E-state index in [0.29, 0.717) is 11.8 Å². The number of hydrogen-bond donors (Lipinski definition) is 0. The van der Waals surface area contributed by atoms with Crippen LogP contribution in [-0.2, 0) is 0 Å². The molecule has 0 atom stereocenters. The van der Waals surface area contributed by atoms with Gasteiger partial charge in [0.05, 0.1) is 10.5 Å². The van der Waals surface area contributed by atoms with E-state index in [4.69, 9.17) is 16.3 Å². The van der Waals surface area contributed by atoms with Gasteiger partial charge in [0.1, 0.15) is 17.1 Å². The summed E-state index contributed by atoms with van der Waals surface area (Å²) in [4.78, 5) is 32.5. The molecule has 0 aliphatic rings. The topological polar surface area (TPSA) is 86.5 Å². The molecule has 0 amide bonds. The predicted molar refractivity (Wildman–Crippen MR) is 74.9 cm³/mol. The maximum Gasteiger partial charge on any atom is 0.343 e. The van der Waals surface area contributed by atoms with Crippen LogP contribution >= 0.6 is 11.6 Å². The SMILES string of the molecule is O=Cc1ccc(OC(=O)c2ccc(Cl)c([N+](=O)[O-])c2)cc1. The molecular formula is C14H8ClNO5. The summed E-state index contributed by atoms with van der Waals surface area (Å²) in [5.74, 6) is -0.531. The number of carbonyl (C=O) groups excluding carboxylic acids is 2. The molecule has 0 aliphatic heterocycles. The van der Waals surface area contributed by atoms with E-state index in [-0.39, 0.29) is 22.0 Å². The lowest BCUT2D eigenvalue weighted by Gasteiger charge is -2.05. The van der Waals surface area contributed by atoms with E-state index in [9.17, 15) is 19.7 Å². The number of benzene rings is 2. The number of nitrogens with zero attached hydrogens (tertiary/aromatic N) is 1. The Bertz CT molecular complexity index is 712. The Kier molecular flexibility index (Phi) is 4.30. The van der Waals surface area contributed by atoms with Crippen LogP contribution in [-0.4, -0.2) is 17.2 Å². The molecule has 2 aromatic rings. The molecule has 21 heavy (non-hydrogen) atoms. The van der Waals surface area contributed by atoms with Gasteiger partial charge in [0.15, 0.2) is 0 Å². The van der Waals surface area contributed by atoms with Crippen molar-refractivity contribution in [3.8, 4) is 5.75 Å². The molecule has 0 aromatic heterocycles. The molecule has 7 heteroatoms.